The van der Waals surface area contributed by atoms with Crippen LogP contribution in [0.25, 0.3) is 11.1 Å². The molecule has 98 valence electrons. The summed E-state index contributed by atoms with van der Waals surface area (Å²) in [5.41, 5.74) is 2.75. The standard InChI is InChI=1S/C16H14ClFO/c1-3-16(19)12-6-4-5-11(8-12)13-7-10(2)15(18)9-14(13)17/h4-9H,3H2,1-2H3. The molecule has 0 saturated heterocycles. The van der Waals surface area contributed by atoms with Crippen LogP contribution in [0, 0.1) is 12.7 Å². The summed E-state index contributed by atoms with van der Waals surface area (Å²) in [6.07, 6.45) is 0.458. The van der Waals surface area contributed by atoms with Crippen LogP contribution in [0.15, 0.2) is 36.4 Å². The van der Waals surface area contributed by atoms with Gasteiger partial charge in [0, 0.05) is 17.5 Å². The lowest BCUT2D eigenvalue weighted by molar-refractivity contribution is 0.0988. The van der Waals surface area contributed by atoms with Crippen LogP contribution in [0.5, 0.6) is 0 Å². The van der Waals surface area contributed by atoms with E-state index in [4.69, 9.17) is 11.6 Å². The van der Waals surface area contributed by atoms with Crippen molar-refractivity contribution in [1.29, 1.82) is 0 Å². The fourth-order valence-corrected chi connectivity index (χ4v) is 2.20. The van der Waals surface area contributed by atoms with Gasteiger partial charge in [0.2, 0.25) is 0 Å². The van der Waals surface area contributed by atoms with Gasteiger partial charge in [-0.25, -0.2) is 4.39 Å². The molecule has 0 unspecified atom stereocenters. The van der Waals surface area contributed by atoms with Gasteiger partial charge in [0.25, 0.3) is 0 Å². The van der Waals surface area contributed by atoms with Crippen molar-refractivity contribution in [3.63, 3.8) is 0 Å². The highest BCUT2D eigenvalue weighted by Crippen LogP contribution is 2.30. The van der Waals surface area contributed by atoms with Gasteiger partial charge in [-0.1, -0.05) is 36.7 Å². The number of aryl methyl sites for hydroxylation is 1. The fraction of sp³-hybridized carbons (Fsp3) is 0.188. The van der Waals surface area contributed by atoms with Crippen molar-refractivity contribution >= 4 is 17.4 Å². The molecule has 2 aromatic carbocycles. The third-order valence-electron chi connectivity index (χ3n) is 3.06. The zero-order chi connectivity index (χ0) is 14.0. The first-order chi connectivity index (χ1) is 9.02. The van der Waals surface area contributed by atoms with Crippen LogP contribution in [-0.2, 0) is 0 Å². The van der Waals surface area contributed by atoms with E-state index < -0.39 is 0 Å². The van der Waals surface area contributed by atoms with Crippen molar-refractivity contribution in [2.45, 2.75) is 20.3 Å². The monoisotopic (exact) mass is 276 g/mol. The minimum absolute atomic E-state index is 0.0804. The van der Waals surface area contributed by atoms with Gasteiger partial charge < -0.3 is 0 Å². The maximum atomic E-state index is 13.4. The highest BCUT2D eigenvalue weighted by Gasteiger charge is 2.10. The first-order valence-corrected chi connectivity index (χ1v) is 6.50. The zero-order valence-corrected chi connectivity index (χ0v) is 11.6. The van der Waals surface area contributed by atoms with Crippen LogP contribution in [0.3, 0.4) is 0 Å². The second-order valence-electron chi connectivity index (χ2n) is 4.44. The van der Waals surface area contributed by atoms with E-state index in [0.29, 0.717) is 22.6 Å². The quantitative estimate of drug-likeness (QED) is 0.717. The van der Waals surface area contributed by atoms with Gasteiger partial charge in [-0.15, -0.1) is 0 Å². The molecule has 19 heavy (non-hydrogen) atoms. The van der Waals surface area contributed by atoms with Gasteiger partial charge in [-0.3, -0.25) is 4.79 Å². The molecule has 0 spiro atoms. The van der Waals surface area contributed by atoms with E-state index in [0.717, 1.165) is 11.1 Å². The van der Waals surface area contributed by atoms with Crippen molar-refractivity contribution < 1.29 is 9.18 Å². The summed E-state index contributed by atoms with van der Waals surface area (Å²) in [4.78, 5) is 11.7. The second-order valence-corrected chi connectivity index (χ2v) is 4.85. The normalized spacial score (nSPS) is 10.5. The molecule has 0 aliphatic rings. The Morgan fingerprint density at radius 2 is 2.00 bits per heavy atom. The number of carbonyl (C=O) groups is 1. The maximum Gasteiger partial charge on any atom is 0.162 e. The number of carbonyl (C=O) groups excluding carboxylic acids is 1. The molecule has 2 aromatic rings. The lowest BCUT2D eigenvalue weighted by Crippen LogP contribution is -1.96. The Hall–Kier alpha value is -1.67. The van der Waals surface area contributed by atoms with E-state index in [1.165, 1.54) is 6.07 Å². The lowest BCUT2D eigenvalue weighted by atomic mass is 9.99. The molecule has 0 radical (unpaired) electrons. The number of halogens is 2. The van der Waals surface area contributed by atoms with E-state index in [9.17, 15) is 9.18 Å². The number of hydrogen-bond acceptors (Lipinski definition) is 1. The predicted octanol–water partition coefficient (Wildman–Crippen LogP) is 5.05. The largest absolute Gasteiger partial charge is 0.294 e. The number of benzene rings is 2. The van der Waals surface area contributed by atoms with E-state index in [1.54, 1.807) is 25.1 Å². The minimum atomic E-state index is -0.325. The second kappa shape index (κ2) is 5.54. The Bertz CT molecular complexity index is 635. The average molecular weight is 277 g/mol. The molecular weight excluding hydrogens is 263 g/mol. The van der Waals surface area contributed by atoms with Crippen LogP contribution in [0.2, 0.25) is 5.02 Å². The van der Waals surface area contributed by atoms with E-state index in [1.807, 2.05) is 19.1 Å². The molecule has 2 rings (SSSR count). The Morgan fingerprint density at radius 1 is 1.26 bits per heavy atom. The van der Waals surface area contributed by atoms with Crippen LogP contribution < -0.4 is 0 Å². The zero-order valence-electron chi connectivity index (χ0n) is 10.8. The van der Waals surface area contributed by atoms with Gasteiger partial charge >= 0.3 is 0 Å². The topological polar surface area (TPSA) is 17.1 Å². The van der Waals surface area contributed by atoms with Gasteiger partial charge in [-0.2, -0.15) is 0 Å². The van der Waals surface area contributed by atoms with Crippen LogP contribution >= 0.6 is 11.6 Å². The Balaban J connectivity index is 2.53. The summed E-state index contributed by atoms with van der Waals surface area (Å²) in [7, 11) is 0. The van der Waals surface area contributed by atoms with Crippen molar-refractivity contribution in [3.05, 3.63) is 58.4 Å². The molecule has 0 atom stereocenters. The smallest absolute Gasteiger partial charge is 0.162 e. The summed E-state index contributed by atoms with van der Waals surface area (Å²) in [6.45, 7) is 3.51. The van der Waals surface area contributed by atoms with Crippen LogP contribution in [0.1, 0.15) is 29.3 Å². The first kappa shape index (κ1) is 13.8. The molecule has 0 heterocycles. The highest BCUT2D eigenvalue weighted by molar-refractivity contribution is 6.33. The summed E-state index contributed by atoms with van der Waals surface area (Å²) in [5, 5.41) is 0.351. The summed E-state index contributed by atoms with van der Waals surface area (Å²) < 4.78 is 13.4. The molecule has 3 heteroatoms. The Labute approximate surface area is 117 Å². The molecule has 0 amide bonds. The molecule has 1 nitrogen and oxygen atoms in total. The fourth-order valence-electron chi connectivity index (χ4n) is 1.94. The van der Waals surface area contributed by atoms with Gasteiger partial charge in [-0.05, 0) is 36.2 Å². The highest BCUT2D eigenvalue weighted by atomic mass is 35.5. The van der Waals surface area contributed by atoms with Crippen molar-refractivity contribution in [3.8, 4) is 11.1 Å². The number of hydrogen-bond donors (Lipinski definition) is 0. The molecular formula is C16H14ClFO. The van der Waals surface area contributed by atoms with Crippen molar-refractivity contribution in [1.82, 2.24) is 0 Å². The first-order valence-electron chi connectivity index (χ1n) is 6.12. The van der Waals surface area contributed by atoms with Crippen molar-refractivity contribution in [2.75, 3.05) is 0 Å². The third-order valence-corrected chi connectivity index (χ3v) is 3.38. The number of rotatable bonds is 3. The molecule has 0 N–H and O–H groups in total. The average Bonchev–Trinajstić information content (AvgIpc) is 2.42. The summed E-state index contributed by atoms with van der Waals surface area (Å²) in [6, 6.07) is 10.3. The van der Waals surface area contributed by atoms with E-state index >= 15 is 0 Å². The maximum absolute atomic E-state index is 13.4. The molecule has 0 fully saturated rings. The number of Topliss-reactive ketones (excluding diaryl/α,β-unsaturated/α-hetero) is 1. The molecule has 0 aliphatic carbocycles. The van der Waals surface area contributed by atoms with E-state index in [2.05, 4.69) is 0 Å². The van der Waals surface area contributed by atoms with Gasteiger partial charge in [0.05, 0.1) is 5.02 Å². The van der Waals surface area contributed by atoms with Crippen LogP contribution in [-0.4, -0.2) is 5.78 Å². The molecule has 0 bridgehead atoms. The third kappa shape index (κ3) is 2.85. The summed E-state index contributed by atoms with van der Waals surface area (Å²) >= 11 is 6.08. The minimum Gasteiger partial charge on any atom is -0.294 e. The van der Waals surface area contributed by atoms with Crippen molar-refractivity contribution in [2.24, 2.45) is 0 Å². The van der Waals surface area contributed by atoms with Crippen LogP contribution in [0.4, 0.5) is 4.39 Å². The van der Waals surface area contributed by atoms with Gasteiger partial charge in [0.1, 0.15) is 5.82 Å². The molecule has 0 saturated carbocycles. The Morgan fingerprint density at radius 3 is 2.68 bits per heavy atom. The SMILES string of the molecule is CCC(=O)c1cccc(-c2cc(C)c(F)cc2Cl)c1. The summed E-state index contributed by atoms with van der Waals surface area (Å²) in [5.74, 6) is -0.244. The molecule has 0 aromatic heterocycles. The predicted molar refractivity (Wildman–Crippen MR) is 76.2 cm³/mol. The lowest BCUT2D eigenvalue weighted by Gasteiger charge is -2.08. The van der Waals surface area contributed by atoms with Gasteiger partial charge in [0.15, 0.2) is 5.78 Å². The Kier molecular flexibility index (Phi) is 4.01. The van der Waals surface area contributed by atoms with E-state index in [-0.39, 0.29) is 11.6 Å². The number of ketones is 1. The molecule has 0 aliphatic heterocycles.